The smallest absolute Gasteiger partial charge is 0.344 e. The maximum Gasteiger partial charge on any atom is 0.344 e. The molecule has 1 heterocycles. The number of carboxylic acid groups (broad SMARTS) is 1. The van der Waals surface area contributed by atoms with Gasteiger partial charge in [-0.05, 0) is 29.2 Å². The lowest BCUT2D eigenvalue weighted by Gasteiger charge is -2.11. The highest BCUT2D eigenvalue weighted by molar-refractivity contribution is 7.11. The number of amides is 2. The van der Waals surface area contributed by atoms with E-state index in [4.69, 9.17) is 9.47 Å². The van der Waals surface area contributed by atoms with Gasteiger partial charge in [0.15, 0.2) is 5.56 Å². The number of hydrogen-bond donors (Lipinski definition) is 2. The van der Waals surface area contributed by atoms with Gasteiger partial charge in [0.1, 0.15) is 17.4 Å². The van der Waals surface area contributed by atoms with Crippen LogP contribution in [0.4, 0.5) is 9.80 Å². The van der Waals surface area contributed by atoms with Crippen molar-refractivity contribution in [1.29, 1.82) is 0 Å². The van der Waals surface area contributed by atoms with Gasteiger partial charge in [-0.2, -0.15) is 4.37 Å². The largest absolute Gasteiger partial charge is 0.497 e. The minimum Gasteiger partial charge on any atom is -0.497 e. The van der Waals surface area contributed by atoms with Crippen molar-refractivity contribution in [3.05, 3.63) is 35.4 Å². The number of nitrogens with one attached hydrogen (secondary N) is 1. The van der Waals surface area contributed by atoms with Crippen molar-refractivity contribution in [3.63, 3.8) is 0 Å². The van der Waals surface area contributed by atoms with Gasteiger partial charge in [-0.25, -0.2) is 9.59 Å². The van der Waals surface area contributed by atoms with E-state index in [1.54, 1.807) is 45.5 Å². The van der Waals surface area contributed by atoms with Crippen LogP contribution in [0.15, 0.2) is 24.3 Å². The molecule has 0 bridgehead atoms. The Labute approximate surface area is 142 Å². The van der Waals surface area contributed by atoms with E-state index >= 15 is 0 Å². The Morgan fingerprint density at radius 2 is 1.96 bits per heavy atom. The van der Waals surface area contributed by atoms with Gasteiger partial charge in [0.05, 0.1) is 7.11 Å². The summed E-state index contributed by atoms with van der Waals surface area (Å²) in [7, 11) is 4.68. The molecular weight excluding hydrogens is 334 g/mol. The standard InChI is InChI=1S/C15H17N3O5S/c1-18(2)15(21)16-13-11(14(19)20)12(17-24-13)23-8-9-4-6-10(22-3)7-5-9/h4-7H,8H2,1-3H3,(H,16,21)(H,19,20). The topological polar surface area (TPSA) is 101 Å². The molecule has 0 aliphatic carbocycles. The second-order valence-electron chi connectivity index (χ2n) is 4.96. The first-order valence-corrected chi connectivity index (χ1v) is 7.66. The molecule has 0 fully saturated rings. The third-order valence-corrected chi connectivity index (χ3v) is 3.78. The Balaban J connectivity index is 2.13. The predicted molar refractivity (Wildman–Crippen MR) is 89.1 cm³/mol. The molecular formula is C15H17N3O5S. The van der Waals surface area contributed by atoms with E-state index in [1.807, 2.05) is 0 Å². The summed E-state index contributed by atoms with van der Waals surface area (Å²) in [6.45, 7) is 0.148. The molecule has 0 saturated carbocycles. The minimum atomic E-state index is -1.22. The van der Waals surface area contributed by atoms with E-state index in [9.17, 15) is 14.7 Å². The first-order valence-electron chi connectivity index (χ1n) is 6.89. The second kappa shape index (κ2) is 7.64. The average Bonchev–Trinajstić information content (AvgIpc) is 2.96. The predicted octanol–water partition coefficient (Wildman–Crippen LogP) is 2.52. The van der Waals surface area contributed by atoms with Gasteiger partial charge in [0.2, 0.25) is 5.88 Å². The lowest BCUT2D eigenvalue weighted by Crippen LogP contribution is -2.27. The van der Waals surface area contributed by atoms with Crippen LogP contribution in [0.1, 0.15) is 15.9 Å². The Hall–Kier alpha value is -2.81. The molecule has 0 atom stereocenters. The number of ether oxygens (including phenoxy) is 2. The van der Waals surface area contributed by atoms with Gasteiger partial charge in [-0.15, -0.1) is 0 Å². The molecule has 24 heavy (non-hydrogen) atoms. The Morgan fingerprint density at radius 3 is 2.50 bits per heavy atom. The number of carboxylic acids is 1. The first kappa shape index (κ1) is 17.5. The maximum absolute atomic E-state index is 11.7. The van der Waals surface area contributed by atoms with Gasteiger partial charge in [0, 0.05) is 14.1 Å². The molecule has 0 aliphatic heterocycles. The highest BCUT2D eigenvalue weighted by atomic mass is 32.1. The number of aromatic carboxylic acids is 1. The van der Waals surface area contributed by atoms with Crippen molar-refractivity contribution in [2.45, 2.75) is 6.61 Å². The molecule has 2 amide bonds. The molecule has 0 spiro atoms. The van der Waals surface area contributed by atoms with Crippen LogP contribution in [0.25, 0.3) is 0 Å². The molecule has 8 nitrogen and oxygen atoms in total. The van der Waals surface area contributed by atoms with Crippen molar-refractivity contribution in [2.75, 3.05) is 26.5 Å². The number of rotatable bonds is 6. The van der Waals surface area contributed by atoms with Gasteiger partial charge < -0.3 is 19.5 Å². The van der Waals surface area contributed by atoms with E-state index in [0.717, 1.165) is 17.1 Å². The summed E-state index contributed by atoms with van der Waals surface area (Å²) in [5.74, 6) is -0.535. The van der Waals surface area contributed by atoms with Gasteiger partial charge in [-0.3, -0.25) is 5.32 Å². The highest BCUT2D eigenvalue weighted by Gasteiger charge is 2.23. The quantitative estimate of drug-likeness (QED) is 0.829. The normalized spacial score (nSPS) is 10.1. The number of urea groups is 1. The summed E-state index contributed by atoms with van der Waals surface area (Å²) < 4.78 is 14.5. The lowest BCUT2D eigenvalue weighted by molar-refractivity contribution is 0.0693. The van der Waals surface area contributed by atoms with Crippen molar-refractivity contribution < 1.29 is 24.2 Å². The van der Waals surface area contributed by atoms with Gasteiger partial charge >= 0.3 is 12.0 Å². The molecule has 9 heteroatoms. The molecule has 0 unspecified atom stereocenters. The zero-order valence-corrected chi connectivity index (χ0v) is 14.2. The van der Waals surface area contributed by atoms with Crippen LogP contribution >= 0.6 is 11.5 Å². The number of anilines is 1. The number of methoxy groups -OCH3 is 1. The first-order chi connectivity index (χ1) is 11.4. The fourth-order valence-corrected chi connectivity index (χ4v) is 2.45. The van der Waals surface area contributed by atoms with E-state index in [1.165, 1.54) is 4.90 Å². The third-order valence-electron chi connectivity index (χ3n) is 3.04. The summed E-state index contributed by atoms with van der Waals surface area (Å²) in [5.41, 5.74) is 0.669. The molecule has 1 aromatic carbocycles. The van der Waals surface area contributed by atoms with Crippen LogP contribution in [0.5, 0.6) is 11.6 Å². The molecule has 2 aromatic rings. The third kappa shape index (κ3) is 4.13. The van der Waals surface area contributed by atoms with Gasteiger partial charge in [-0.1, -0.05) is 12.1 Å². The summed E-state index contributed by atoms with van der Waals surface area (Å²) >= 11 is 0.857. The maximum atomic E-state index is 11.7. The minimum absolute atomic E-state index is 0.0302. The number of carbonyl (C=O) groups is 2. The van der Waals surface area contributed by atoms with Crippen molar-refractivity contribution in [2.24, 2.45) is 0 Å². The fraction of sp³-hybridized carbons (Fsp3) is 0.267. The molecule has 0 aliphatic rings. The van der Waals surface area contributed by atoms with Crippen molar-refractivity contribution >= 4 is 28.5 Å². The number of hydrogen-bond acceptors (Lipinski definition) is 6. The zero-order valence-electron chi connectivity index (χ0n) is 13.4. The molecule has 128 valence electrons. The summed E-state index contributed by atoms with van der Waals surface area (Å²) in [4.78, 5) is 24.4. The average molecular weight is 351 g/mol. The van der Waals surface area contributed by atoms with E-state index < -0.39 is 12.0 Å². The number of aromatic nitrogens is 1. The Kier molecular flexibility index (Phi) is 5.59. The van der Waals surface area contributed by atoms with E-state index in [2.05, 4.69) is 9.69 Å². The Morgan fingerprint density at radius 1 is 1.29 bits per heavy atom. The summed E-state index contributed by atoms with van der Waals surface area (Å²) in [5, 5.41) is 12.0. The van der Waals surface area contributed by atoms with E-state index in [-0.39, 0.29) is 23.1 Å². The highest BCUT2D eigenvalue weighted by Crippen LogP contribution is 2.31. The van der Waals surface area contributed by atoms with Crippen LogP contribution in [0, 0.1) is 0 Å². The van der Waals surface area contributed by atoms with Crippen molar-refractivity contribution in [1.82, 2.24) is 9.27 Å². The van der Waals surface area contributed by atoms with Gasteiger partial charge in [0.25, 0.3) is 0 Å². The summed E-state index contributed by atoms with van der Waals surface area (Å²) in [6.07, 6.45) is 0. The lowest BCUT2D eigenvalue weighted by atomic mass is 10.2. The number of carbonyl (C=O) groups excluding carboxylic acids is 1. The van der Waals surface area contributed by atoms with Crippen LogP contribution in [0.3, 0.4) is 0 Å². The molecule has 0 saturated heterocycles. The fourth-order valence-electron chi connectivity index (χ4n) is 1.73. The zero-order chi connectivity index (χ0) is 17.7. The Bertz CT molecular complexity index is 727. The molecule has 2 rings (SSSR count). The van der Waals surface area contributed by atoms with Crippen LogP contribution in [0.2, 0.25) is 0 Å². The monoisotopic (exact) mass is 351 g/mol. The SMILES string of the molecule is COc1ccc(COc2nsc(NC(=O)N(C)C)c2C(=O)O)cc1. The summed E-state index contributed by atoms with van der Waals surface area (Å²) in [6, 6.07) is 6.73. The number of nitrogens with zero attached hydrogens (tertiary/aromatic N) is 2. The second-order valence-corrected chi connectivity index (χ2v) is 5.73. The number of benzene rings is 1. The van der Waals surface area contributed by atoms with Crippen LogP contribution in [-0.4, -0.2) is 47.6 Å². The van der Waals surface area contributed by atoms with Crippen LogP contribution < -0.4 is 14.8 Å². The molecule has 1 aromatic heterocycles. The van der Waals surface area contributed by atoms with Crippen LogP contribution in [-0.2, 0) is 6.61 Å². The molecule has 0 radical (unpaired) electrons. The van der Waals surface area contributed by atoms with Crippen molar-refractivity contribution in [3.8, 4) is 11.6 Å². The molecule has 2 N–H and O–H groups in total. The van der Waals surface area contributed by atoms with E-state index in [0.29, 0.717) is 5.75 Å².